The molecule has 5 aromatic heterocycles. The summed E-state index contributed by atoms with van der Waals surface area (Å²) in [5.41, 5.74) is 10.5. The van der Waals surface area contributed by atoms with Gasteiger partial charge >= 0.3 is 18.2 Å². The fourth-order valence-electron chi connectivity index (χ4n) is 10.1. The zero-order chi connectivity index (χ0) is 83.4. The Balaban J connectivity index is 0.000000247. The van der Waals surface area contributed by atoms with Crippen LogP contribution in [0.3, 0.4) is 0 Å². The summed E-state index contributed by atoms with van der Waals surface area (Å²) < 4.78 is 84.5. The van der Waals surface area contributed by atoms with E-state index in [-0.39, 0.29) is 104 Å². The standard InChI is InChI=1S/C22H25ClFN3O4S.C10H10Cl2FNO3S.C10H12N4O3.C10H14N4O.C9H9N3O4.C5H5N3O2.C4H9N/c1-2-11-32(30,31)26-18-8-7-17(23)21(22(18)24)19(28)12-15-5-6-16(25-14-15)13-20(29)27-9-3-4-10-27;1-2-5-18(16,17)14-7-4-3-6(11)8(9(7)13)10(12)15;15-10(13-5-1-2-6-13)12-9-4-3-8(7-11-9)14(16)17;11-8-3-4-9(12-7-8)13-10(15)14-5-1-2-6-14;1-6(2)16-9(13)11-8-4-3-7(5-10-8)12(14)15;6-5-2-1-4(3-7-5)8(9)10;1-2-4-5-3-1/h5-8,14,26H,2-4,9-13H2,1H3;3-4,14H,2,5H2,1H3;3-4,7H,1-2,5-6H2,(H,11,12,15);3-4,7H,1-2,5-6,11H2,(H,12,13,15);3-5H,1H2,2H3,(H,10,11,13);1-3H,(H2,6,7);5H,1-4H2. The van der Waals surface area contributed by atoms with Gasteiger partial charge in [-0.15, -0.1) is 0 Å². The molecule has 36 nitrogen and oxygen atoms in total. The minimum Gasteiger partial charge on any atom is -0.416 e. The van der Waals surface area contributed by atoms with Gasteiger partial charge in [0.25, 0.3) is 22.3 Å². The van der Waals surface area contributed by atoms with E-state index in [0.717, 1.165) is 102 Å². The van der Waals surface area contributed by atoms with Crippen LogP contribution in [0, 0.1) is 42.0 Å². The molecule has 4 fully saturated rings. The van der Waals surface area contributed by atoms with E-state index in [2.05, 4.69) is 62.2 Å². The second kappa shape index (κ2) is 46.4. The quantitative estimate of drug-likeness (QED) is 0.0109. The maximum Gasteiger partial charge on any atom is 0.417 e. The van der Waals surface area contributed by atoms with Gasteiger partial charge in [0.1, 0.15) is 41.9 Å². The summed E-state index contributed by atoms with van der Waals surface area (Å²) in [7, 11) is -7.38. The van der Waals surface area contributed by atoms with Crippen molar-refractivity contribution in [2.24, 2.45) is 0 Å². The van der Waals surface area contributed by atoms with Gasteiger partial charge in [-0.2, -0.15) is 0 Å². The van der Waals surface area contributed by atoms with E-state index in [1.807, 2.05) is 9.62 Å². The predicted octanol–water partition coefficient (Wildman–Crippen LogP) is 12.5. The van der Waals surface area contributed by atoms with E-state index in [9.17, 15) is 84.7 Å². The molecule has 43 heteroatoms. The number of benzene rings is 2. The number of hydrogen-bond acceptors (Lipinski definition) is 25. The van der Waals surface area contributed by atoms with E-state index in [0.29, 0.717) is 41.4 Å². The van der Waals surface area contributed by atoms with Gasteiger partial charge in [-0.3, -0.25) is 75.1 Å². The van der Waals surface area contributed by atoms with E-state index < -0.39 is 69.1 Å². The number of allylic oxidation sites excluding steroid dienone is 1. The van der Waals surface area contributed by atoms with Crippen LogP contribution in [0.1, 0.15) is 117 Å². The summed E-state index contributed by atoms with van der Waals surface area (Å²) in [6, 6.07) is 19.2. The number of nitrogen functional groups attached to an aromatic ring is 2. The average molecular weight is 1670 g/mol. The minimum absolute atomic E-state index is 0.0232. The summed E-state index contributed by atoms with van der Waals surface area (Å²) in [5.74, 6) is -1.45. The first-order valence-corrected chi connectivity index (χ1v) is 39.2. The number of pyridine rings is 5. The Hall–Kier alpha value is -11.5. The average Bonchev–Trinajstić information content (AvgIpc) is 1.81. The maximum absolute atomic E-state index is 14.9. The number of aromatic nitrogens is 5. The Kier molecular flexibility index (Phi) is 37.8. The molecule has 0 aliphatic carbocycles. The predicted molar refractivity (Wildman–Crippen MR) is 423 cm³/mol. The Bertz CT molecular complexity index is 4640. The van der Waals surface area contributed by atoms with Crippen LogP contribution in [-0.4, -0.2) is 170 Å². The highest BCUT2D eigenvalue weighted by atomic mass is 35.5. The second-order valence-corrected chi connectivity index (χ2v) is 29.5. The van der Waals surface area contributed by atoms with Crippen molar-refractivity contribution in [3.63, 3.8) is 0 Å². The Labute approximate surface area is 663 Å². The number of halogens is 5. The topological polar surface area (TPSA) is 508 Å². The van der Waals surface area contributed by atoms with Crippen molar-refractivity contribution in [1.82, 2.24) is 44.9 Å². The number of sulfonamides is 2. The largest absolute Gasteiger partial charge is 0.417 e. The van der Waals surface area contributed by atoms with Crippen molar-refractivity contribution in [2.45, 2.75) is 97.8 Å². The monoisotopic (exact) mass is 1670 g/mol. The van der Waals surface area contributed by atoms with Crippen LogP contribution in [0.25, 0.3) is 0 Å². The molecule has 6 amide bonds. The number of likely N-dealkylation sites (tertiary alicyclic amines) is 3. The number of rotatable bonds is 21. The molecule has 0 bridgehead atoms. The molecule has 0 atom stereocenters. The number of ether oxygens (including phenoxy) is 1. The number of hydrogen-bond donors (Lipinski definition) is 8. The van der Waals surface area contributed by atoms with E-state index in [4.69, 9.17) is 46.3 Å². The van der Waals surface area contributed by atoms with Gasteiger partial charge in [-0.25, -0.2) is 59.9 Å². The van der Waals surface area contributed by atoms with Crippen molar-refractivity contribution < 1.29 is 73.9 Å². The molecule has 4 aliphatic rings. The molecule has 0 radical (unpaired) electrons. The van der Waals surface area contributed by atoms with Gasteiger partial charge in [0.05, 0.1) is 82.9 Å². The molecule has 11 rings (SSSR count). The summed E-state index contributed by atoms with van der Waals surface area (Å²) in [4.78, 5) is 124. The van der Waals surface area contributed by atoms with Crippen LogP contribution in [0.2, 0.25) is 10.0 Å². The fourth-order valence-corrected chi connectivity index (χ4v) is 13.1. The van der Waals surface area contributed by atoms with Crippen LogP contribution in [-0.2, 0) is 42.4 Å². The van der Waals surface area contributed by atoms with E-state index >= 15 is 0 Å². The molecule has 0 saturated carbocycles. The number of anilines is 7. The minimum atomic E-state index is -3.73. The molecule has 0 unspecified atom stereocenters. The third-order valence-electron chi connectivity index (χ3n) is 15.6. The van der Waals surface area contributed by atoms with Crippen LogP contribution < -0.4 is 42.2 Å². The first-order chi connectivity index (χ1) is 53.6. The summed E-state index contributed by atoms with van der Waals surface area (Å²) in [6.45, 7) is 15.5. The van der Waals surface area contributed by atoms with Crippen molar-refractivity contribution in [3.05, 3.63) is 203 Å². The van der Waals surface area contributed by atoms with Gasteiger partial charge < -0.3 is 36.2 Å². The molecule has 9 heterocycles. The third kappa shape index (κ3) is 32.8. The molecule has 10 N–H and O–H groups in total. The van der Waals surface area contributed by atoms with Gasteiger partial charge in [0, 0.05) is 75.8 Å². The zero-order valence-electron chi connectivity index (χ0n) is 61.5. The number of ketones is 1. The van der Waals surface area contributed by atoms with E-state index in [1.165, 1.54) is 99.8 Å². The number of nitrogens with one attached hydrogen (secondary N) is 6. The van der Waals surface area contributed by atoms with Crippen molar-refractivity contribution in [2.75, 3.05) is 101 Å². The molecule has 2 aromatic carbocycles. The molecule has 4 aliphatic heterocycles. The number of nitrogens with two attached hydrogens (primary N) is 2. The van der Waals surface area contributed by atoms with Gasteiger partial charge in [-0.05, 0) is 162 Å². The normalized spacial score (nSPS) is 13.2. The number of nitro groups is 3. The number of urea groups is 2. The lowest BCUT2D eigenvalue weighted by Crippen LogP contribution is -2.32. The lowest BCUT2D eigenvalue weighted by molar-refractivity contribution is -0.385. The Morgan fingerprint density at radius 2 is 0.973 bits per heavy atom. The summed E-state index contributed by atoms with van der Waals surface area (Å²) >= 11 is 16.8. The number of nitrogens with zero attached hydrogens (tertiary/aromatic N) is 11. The van der Waals surface area contributed by atoms with Crippen molar-refractivity contribution in [1.29, 1.82) is 0 Å². The van der Waals surface area contributed by atoms with Crippen LogP contribution in [0.15, 0.2) is 128 Å². The van der Waals surface area contributed by atoms with Crippen LogP contribution >= 0.6 is 34.8 Å². The Morgan fingerprint density at radius 3 is 1.35 bits per heavy atom. The maximum atomic E-state index is 14.9. The highest BCUT2D eigenvalue weighted by Crippen LogP contribution is 2.30. The smallest absolute Gasteiger partial charge is 0.416 e. The number of amides is 6. The zero-order valence-corrected chi connectivity index (χ0v) is 65.4. The lowest BCUT2D eigenvalue weighted by atomic mass is 10.0. The molecule has 113 heavy (non-hydrogen) atoms. The molecule has 0 spiro atoms. The van der Waals surface area contributed by atoms with Gasteiger partial charge in [0.2, 0.25) is 26.0 Å². The van der Waals surface area contributed by atoms with E-state index in [1.54, 1.807) is 47.9 Å². The van der Waals surface area contributed by atoms with Gasteiger partial charge in [0.15, 0.2) is 17.4 Å². The third-order valence-corrected chi connectivity index (χ3v) is 19.3. The fraction of sp³-hybridized carbons (Fsp3) is 0.357. The summed E-state index contributed by atoms with van der Waals surface area (Å²) in [6.07, 6.45) is 15.3. The SMILES string of the molecule is C1CCNC1.C=C(C)OC(=O)Nc1ccc([N+](=O)[O-])cn1.CCCS(=O)(=O)Nc1ccc(Cl)c(C(=O)Cc2ccc(CC(=O)N3CCCC3)nc2)c1F.CCCS(=O)(=O)Nc1ccc(Cl)c(C(=O)Cl)c1F.Nc1ccc(NC(=O)N2CCCC2)nc1.Nc1ccc([N+](=O)[O-])cn1.O=C(Nc1ccc([N+](=O)[O-])cn1)N1CCCC1. The Morgan fingerprint density at radius 1 is 0.549 bits per heavy atom. The molecular formula is C70H84Cl3F2N19O17S2. The van der Waals surface area contributed by atoms with Crippen molar-refractivity contribution >= 4 is 147 Å². The number of Topliss-reactive ketones (excluding diaryl/α,β-unsaturated/α-hetero) is 1. The summed E-state index contributed by atoms with van der Waals surface area (Å²) in [5, 5.41) is 40.2. The lowest BCUT2D eigenvalue weighted by Gasteiger charge is -2.15. The molecule has 608 valence electrons. The van der Waals surface area contributed by atoms with Crippen molar-refractivity contribution in [3.8, 4) is 0 Å². The van der Waals surface area contributed by atoms with Gasteiger partial charge in [-0.1, -0.05) is 49.7 Å². The first kappa shape index (κ1) is 92.1. The molecule has 4 saturated heterocycles. The second-order valence-electron chi connectivity index (χ2n) is 24.6. The molecule has 7 aromatic rings. The van der Waals surface area contributed by atoms with Crippen LogP contribution in [0.5, 0.6) is 0 Å². The number of carbonyl (C=O) groups is 6. The first-order valence-electron chi connectivity index (χ1n) is 34.8. The molecular weight excluding hydrogens is 1590 g/mol. The highest BCUT2D eigenvalue weighted by Gasteiger charge is 2.26. The highest BCUT2D eigenvalue weighted by molar-refractivity contribution is 7.93. The number of carbonyl (C=O) groups excluding carboxylic acids is 6. The van der Waals surface area contributed by atoms with Crippen LogP contribution in [0.4, 0.5) is 80.6 Å².